The molecule has 1 fully saturated rings. The second-order valence-electron chi connectivity index (χ2n) is 4.66. The van der Waals surface area contributed by atoms with Gasteiger partial charge in [0.1, 0.15) is 0 Å². The Morgan fingerprint density at radius 2 is 2.06 bits per heavy atom. The maximum absolute atomic E-state index is 13.6. The van der Waals surface area contributed by atoms with Crippen LogP contribution in [0.1, 0.15) is 12.1 Å². The van der Waals surface area contributed by atoms with Crippen molar-refractivity contribution in [3.8, 4) is 0 Å². The van der Waals surface area contributed by atoms with Crippen LogP contribution in [0, 0.1) is 0 Å². The van der Waals surface area contributed by atoms with Crippen LogP contribution < -0.4 is 5.73 Å². The van der Waals surface area contributed by atoms with Crippen LogP contribution in [0.15, 0.2) is 24.3 Å². The second kappa shape index (κ2) is 3.04. The number of aryl methyl sites for hydroxylation is 1. The maximum Gasteiger partial charge on any atom is 0.261 e. The lowest BCUT2D eigenvalue weighted by Crippen LogP contribution is -2.29. The number of nitrogens with two attached hydrogens (primary N) is 1. The van der Waals surface area contributed by atoms with E-state index >= 15 is 0 Å². The van der Waals surface area contributed by atoms with E-state index in [4.69, 9.17) is 5.73 Å². The molecule has 1 saturated carbocycles. The molecule has 1 aliphatic rings. The third kappa shape index (κ3) is 1.20. The van der Waals surface area contributed by atoms with E-state index in [0.29, 0.717) is 5.69 Å². The summed E-state index contributed by atoms with van der Waals surface area (Å²) in [5.74, 6) is -2.71. The zero-order chi connectivity index (χ0) is 12.3. The number of hydrogen-bond acceptors (Lipinski definition) is 2. The Kier molecular flexibility index (Phi) is 1.91. The Bertz CT molecular complexity index is 590. The summed E-state index contributed by atoms with van der Waals surface area (Å²) in [5.41, 5.74) is 5.64. The average Bonchev–Trinajstić information content (AvgIpc) is 2.68. The molecular formula is C12H13F2N3. The molecule has 0 radical (unpaired) electrons. The van der Waals surface area contributed by atoms with Gasteiger partial charge in [-0.3, -0.25) is 4.68 Å². The summed E-state index contributed by atoms with van der Waals surface area (Å²) in [5, 5.41) is 5.04. The molecular weight excluding hydrogens is 224 g/mol. The highest BCUT2D eigenvalue weighted by Crippen LogP contribution is 2.61. The summed E-state index contributed by atoms with van der Waals surface area (Å²) in [6.45, 7) is -0.0521. The minimum atomic E-state index is -2.71. The summed E-state index contributed by atoms with van der Waals surface area (Å²) in [4.78, 5) is 0. The third-order valence-corrected chi connectivity index (χ3v) is 3.64. The fourth-order valence-corrected chi connectivity index (χ4v) is 2.62. The lowest BCUT2D eigenvalue weighted by atomic mass is 9.98. The molecule has 1 atom stereocenters. The van der Waals surface area contributed by atoms with Crippen LogP contribution in [-0.4, -0.2) is 22.2 Å². The number of alkyl halides is 2. The molecule has 3 nitrogen and oxygen atoms in total. The molecule has 90 valence electrons. The van der Waals surface area contributed by atoms with Crippen molar-refractivity contribution >= 4 is 10.9 Å². The highest BCUT2D eigenvalue weighted by Gasteiger charge is 2.72. The number of halogens is 2. The summed E-state index contributed by atoms with van der Waals surface area (Å²) in [6.07, 6.45) is -0.181. The molecule has 0 bridgehead atoms. The van der Waals surface area contributed by atoms with Gasteiger partial charge in [-0.15, -0.1) is 0 Å². The zero-order valence-corrected chi connectivity index (χ0v) is 9.45. The number of hydrogen-bond donors (Lipinski definition) is 1. The van der Waals surface area contributed by atoms with Crippen LogP contribution >= 0.6 is 0 Å². The predicted octanol–water partition coefficient (Wildman–Crippen LogP) is 1.81. The van der Waals surface area contributed by atoms with Gasteiger partial charge in [-0.1, -0.05) is 18.2 Å². The monoisotopic (exact) mass is 237 g/mol. The van der Waals surface area contributed by atoms with Crippen molar-refractivity contribution in [3.63, 3.8) is 0 Å². The molecule has 0 spiro atoms. The first kappa shape index (κ1) is 10.7. The Balaban J connectivity index is 2.28. The van der Waals surface area contributed by atoms with E-state index < -0.39 is 11.3 Å². The Hall–Kier alpha value is -1.49. The van der Waals surface area contributed by atoms with Crippen molar-refractivity contribution in [2.24, 2.45) is 12.8 Å². The number of nitrogens with zero attached hydrogens (tertiary/aromatic N) is 2. The van der Waals surface area contributed by atoms with E-state index in [2.05, 4.69) is 5.10 Å². The third-order valence-electron chi connectivity index (χ3n) is 3.64. The van der Waals surface area contributed by atoms with E-state index in [9.17, 15) is 8.78 Å². The van der Waals surface area contributed by atoms with Gasteiger partial charge in [0.05, 0.1) is 16.6 Å². The summed E-state index contributed by atoms with van der Waals surface area (Å²) in [6, 6.07) is 7.32. The van der Waals surface area contributed by atoms with E-state index in [0.717, 1.165) is 10.9 Å². The number of fused-ring (bicyclic) bond motifs is 1. The van der Waals surface area contributed by atoms with Gasteiger partial charge in [0.2, 0.25) is 0 Å². The summed E-state index contributed by atoms with van der Waals surface area (Å²) >= 11 is 0. The minimum absolute atomic E-state index is 0.0521. The molecule has 1 aromatic carbocycles. The lowest BCUT2D eigenvalue weighted by molar-refractivity contribution is 0.0879. The number of rotatable bonds is 2. The molecule has 0 aliphatic heterocycles. The lowest BCUT2D eigenvalue weighted by Gasteiger charge is -2.14. The Morgan fingerprint density at radius 3 is 2.65 bits per heavy atom. The van der Waals surface area contributed by atoms with E-state index in [-0.39, 0.29) is 13.0 Å². The molecule has 3 rings (SSSR count). The molecule has 2 N–H and O–H groups in total. The van der Waals surface area contributed by atoms with Crippen molar-refractivity contribution in [1.29, 1.82) is 0 Å². The second-order valence-corrected chi connectivity index (χ2v) is 4.66. The first-order chi connectivity index (χ1) is 8.02. The van der Waals surface area contributed by atoms with Crippen LogP contribution in [0.2, 0.25) is 0 Å². The number of benzene rings is 1. The van der Waals surface area contributed by atoms with Crippen LogP contribution in [0.3, 0.4) is 0 Å². The van der Waals surface area contributed by atoms with Crippen molar-refractivity contribution in [1.82, 2.24) is 9.78 Å². The fraction of sp³-hybridized carbons (Fsp3) is 0.417. The van der Waals surface area contributed by atoms with Crippen molar-refractivity contribution < 1.29 is 8.78 Å². The molecule has 1 unspecified atom stereocenters. The van der Waals surface area contributed by atoms with Crippen molar-refractivity contribution in [2.45, 2.75) is 17.8 Å². The summed E-state index contributed by atoms with van der Waals surface area (Å²) in [7, 11) is 1.70. The average molecular weight is 237 g/mol. The van der Waals surface area contributed by atoms with Gasteiger partial charge in [0.15, 0.2) is 0 Å². The quantitative estimate of drug-likeness (QED) is 0.865. The maximum atomic E-state index is 13.6. The van der Waals surface area contributed by atoms with Crippen molar-refractivity contribution in [2.75, 3.05) is 6.54 Å². The molecule has 1 heterocycles. The molecule has 1 aromatic heterocycles. The zero-order valence-electron chi connectivity index (χ0n) is 9.45. The SMILES string of the molecule is Cn1nc2ccccc2c1C1(CN)CC1(F)F. The normalized spacial score (nSPS) is 26.4. The van der Waals surface area contributed by atoms with Crippen LogP contribution in [0.25, 0.3) is 10.9 Å². The first-order valence-corrected chi connectivity index (χ1v) is 5.52. The fourth-order valence-electron chi connectivity index (χ4n) is 2.62. The highest BCUT2D eigenvalue weighted by molar-refractivity contribution is 5.83. The minimum Gasteiger partial charge on any atom is -0.329 e. The molecule has 2 aromatic rings. The molecule has 5 heteroatoms. The van der Waals surface area contributed by atoms with Gasteiger partial charge in [-0.2, -0.15) is 5.10 Å². The van der Waals surface area contributed by atoms with Crippen LogP contribution in [0.4, 0.5) is 8.78 Å². The standard InChI is InChI=1S/C12H13F2N3/c1-17-10(11(7-15)6-12(11,13)14)8-4-2-3-5-9(8)16-17/h2-5H,6-7,15H2,1H3. The smallest absolute Gasteiger partial charge is 0.261 e. The highest BCUT2D eigenvalue weighted by atomic mass is 19.3. The van der Waals surface area contributed by atoms with Gasteiger partial charge in [-0.05, 0) is 6.07 Å². The van der Waals surface area contributed by atoms with Crippen molar-refractivity contribution in [3.05, 3.63) is 30.0 Å². The van der Waals surface area contributed by atoms with Gasteiger partial charge < -0.3 is 5.73 Å². The van der Waals surface area contributed by atoms with Gasteiger partial charge in [0, 0.05) is 25.4 Å². The van der Waals surface area contributed by atoms with Crippen LogP contribution in [-0.2, 0) is 12.5 Å². The number of aromatic nitrogens is 2. The first-order valence-electron chi connectivity index (χ1n) is 5.52. The predicted molar refractivity (Wildman–Crippen MR) is 61.0 cm³/mol. The van der Waals surface area contributed by atoms with E-state index in [1.165, 1.54) is 0 Å². The molecule has 17 heavy (non-hydrogen) atoms. The molecule has 0 saturated heterocycles. The Morgan fingerprint density at radius 1 is 1.41 bits per heavy atom. The molecule has 0 amide bonds. The summed E-state index contributed by atoms with van der Waals surface area (Å²) < 4.78 is 28.7. The molecule has 1 aliphatic carbocycles. The van der Waals surface area contributed by atoms with Crippen LogP contribution in [0.5, 0.6) is 0 Å². The van der Waals surface area contributed by atoms with E-state index in [1.807, 2.05) is 24.3 Å². The topological polar surface area (TPSA) is 43.8 Å². The Labute approximate surface area is 97.2 Å². The van der Waals surface area contributed by atoms with E-state index in [1.54, 1.807) is 11.7 Å². The van der Waals surface area contributed by atoms with Gasteiger partial charge >= 0.3 is 0 Å². The van der Waals surface area contributed by atoms with Gasteiger partial charge in [-0.25, -0.2) is 8.78 Å². The van der Waals surface area contributed by atoms with Gasteiger partial charge in [0.25, 0.3) is 5.92 Å². The largest absolute Gasteiger partial charge is 0.329 e.